The van der Waals surface area contributed by atoms with E-state index in [2.05, 4.69) is 0 Å². The monoisotopic (exact) mass is 274 g/mol. The fourth-order valence-electron chi connectivity index (χ4n) is 3.57. The van der Waals surface area contributed by atoms with Crippen LogP contribution in [0.3, 0.4) is 0 Å². The molecule has 0 amide bonds. The van der Waals surface area contributed by atoms with Crippen LogP contribution in [0.5, 0.6) is 0 Å². The fraction of sp³-hybridized carbons (Fsp3) is 0.933. The van der Waals surface area contributed by atoms with Crippen LogP contribution >= 0.6 is 0 Å². The molecule has 2 atom stereocenters. The molecule has 2 nitrogen and oxygen atoms in total. The number of ketones is 1. The Morgan fingerprint density at radius 2 is 1.84 bits per heavy atom. The van der Waals surface area contributed by atoms with Crippen LogP contribution in [0, 0.1) is 11.8 Å². The molecule has 2 rings (SSSR count). The molecule has 0 aromatic heterocycles. The van der Waals surface area contributed by atoms with Crippen molar-refractivity contribution >= 4 is 5.78 Å². The third-order valence-corrected chi connectivity index (χ3v) is 4.66. The Kier molecular flexibility index (Phi) is 4.93. The van der Waals surface area contributed by atoms with Crippen LogP contribution in [0.25, 0.3) is 0 Å². The van der Waals surface area contributed by atoms with Gasteiger partial charge in [0.15, 0.2) is 5.78 Å². The highest BCUT2D eigenvalue weighted by atomic mass is 19.3. The van der Waals surface area contributed by atoms with Crippen molar-refractivity contribution in [3.05, 3.63) is 0 Å². The van der Waals surface area contributed by atoms with Crippen LogP contribution in [-0.4, -0.2) is 22.9 Å². The highest BCUT2D eigenvalue weighted by molar-refractivity contribution is 5.83. The van der Waals surface area contributed by atoms with Crippen molar-refractivity contribution in [2.45, 2.75) is 76.2 Å². The zero-order valence-corrected chi connectivity index (χ0v) is 11.4. The largest absolute Gasteiger partial charge is 0.385 e. The van der Waals surface area contributed by atoms with Gasteiger partial charge in [0.05, 0.1) is 0 Å². The Morgan fingerprint density at radius 1 is 1.16 bits per heavy atom. The number of Topliss-reactive ketones (excluding diaryl/α,β-unsaturated/α-hetero) is 1. The maximum absolute atomic E-state index is 13.3. The summed E-state index contributed by atoms with van der Waals surface area (Å²) < 4.78 is 26.6. The molecule has 2 aliphatic carbocycles. The van der Waals surface area contributed by atoms with Crippen LogP contribution in [-0.2, 0) is 4.79 Å². The van der Waals surface area contributed by atoms with Crippen LogP contribution in [0.2, 0.25) is 0 Å². The first-order valence-corrected chi connectivity index (χ1v) is 7.56. The van der Waals surface area contributed by atoms with Crippen molar-refractivity contribution in [1.29, 1.82) is 0 Å². The maximum Gasteiger partial charge on any atom is 0.248 e. The lowest BCUT2D eigenvalue weighted by atomic mass is 9.79. The number of carbonyl (C=O) groups excluding carboxylic acids is 1. The summed E-state index contributed by atoms with van der Waals surface area (Å²) in [5.41, 5.74) is 0. The summed E-state index contributed by atoms with van der Waals surface area (Å²) in [4.78, 5) is 12.0. The molecule has 1 N–H and O–H groups in total. The molecule has 0 bridgehead atoms. The zero-order chi connectivity index (χ0) is 13.9. The van der Waals surface area contributed by atoms with E-state index >= 15 is 0 Å². The van der Waals surface area contributed by atoms with E-state index in [1.807, 2.05) is 0 Å². The van der Waals surface area contributed by atoms with Gasteiger partial charge in [0, 0.05) is 19.3 Å². The molecule has 0 spiro atoms. The van der Waals surface area contributed by atoms with Gasteiger partial charge in [-0.1, -0.05) is 19.3 Å². The number of halogens is 2. The van der Waals surface area contributed by atoms with Gasteiger partial charge < -0.3 is 5.11 Å². The lowest BCUT2D eigenvalue weighted by molar-refractivity contribution is -0.133. The summed E-state index contributed by atoms with van der Waals surface area (Å²) in [6, 6.07) is 0. The predicted molar refractivity (Wildman–Crippen MR) is 69.1 cm³/mol. The number of carbonyl (C=O) groups is 1. The summed E-state index contributed by atoms with van der Waals surface area (Å²) in [7, 11) is 0. The van der Waals surface area contributed by atoms with E-state index in [1.165, 1.54) is 6.42 Å². The third-order valence-electron chi connectivity index (χ3n) is 4.66. The normalized spacial score (nSPS) is 29.9. The quantitative estimate of drug-likeness (QED) is 0.848. The minimum absolute atomic E-state index is 0.0527. The molecule has 2 aliphatic rings. The Labute approximate surface area is 113 Å². The topological polar surface area (TPSA) is 37.3 Å². The van der Waals surface area contributed by atoms with E-state index in [1.54, 1.807) is 0 Å². The van der Waals surface area contributed by atoms with Gasteiger partial charge in [-0.25, -0.2) is 8.78 Å². The van der Waals surface area contributed by atoms with Crippen molar-refractivity contribution in [2.24, 2.45) is 11.8 Å². The van der Waals surface area contributed by atoms with Gasteiger partial charge in [-0.3, -0.25) is 4.79 Å². The lowest BCUT2D eigenvalue weighted by Gasteiger charge is -2.30. The van der Waals surface area contributed by atoms with E-state index in [-0.39, 0.29) is 36.9 Å². The minimum atomic E-state index is -2.61. The number of rotatable bonds is 4. The second-order valence-electron chi connectivity index (χ2n) is 6.33. The van der Waals surface area contributed by atoms with Crippen LogP contribution < -0.4 is 0 Å². The molecule has 110 valence electrons. The fourth-order valence-corrected chi connectivity index (χ4v) is 3.57. The molecule has 2 unspecified atom stereocenters. The number of aliphatic hydroxyl groups is 1. The molecule has 2 fully saturated rings. The Balaban J connectivity index is 1.82. The van der Waals surface area contributed by atoms with Crippen molar-refractivity contribution in [2.75, 3.05) is 0 Å². The SMILES string of the molecule is O=C(CC1CCCC(F)(F)C1)C(O)C1CCCCC1. The van der Waals surface area contributed by atoms with Crippen LogP contribution in [0.4, 0.5) is 8.78 Å². The molecule has 0 aromatic carbocycles. The van der Waals surface area contributed by atoms with Gasteiger partial charge >= 0.3 is 0 Å². The Bertz CT molecular complexity index is 311. The zero-order valence-electron chi connectivity index (χ0n) is 11.4. The van der Waals surface area contributed by atoms with Crippen molar-refractivity contribution in [3.63, 3.8) is 0 Å². The Morgan fingerprint density at radius 3 is 2.47 bits per heavy atom. The van der Waals surface area contributed by atoms with Gasteiger partial charge in [-0.15, -0.1) is 0 Å². The summed E-state index contributed by atoms with van der Waals surface area (Å²) in [5, 5.41) is 10.1. The van der Waals surface area contributed by atoms with Gasteiger partial charge in [0.2, 0.25) is 5.92 Å². The minimum Gasteiger partial charge on any atom is -0.385 e. The van der Waals surface area contributed by atoms with E-state index in [9.17, 15) is 18.7 Å². The maximum atomic E-state index is 13.3. The first-order valence-electron chi connectivity index (χ1n) is 7.56. The summed E-state index contributed by atoms with van der Waals surface area (Å²) in [6.07, 6.45) is 5.26. The van der Waals surface area contributed by atoms with E-state index in [4.69, 9.17) is 0 Å². The van der Waals surface area contributed by atoms with Gasteiger partial charge in [0.1, 0.15) is 6.10 Å². The molecule has 0 saturated heterocycles. The number of hydrogen-bond donors (Lipinski definition) is 1. The van der Waals surface area contributed by atoms with Gasteiger partial charge in [-0.2, -0.15) is 0 Å². The number of alkyl halides is 2. The van der Waals surface area contributed by atoms with Crippen molar-refractivity contribution in [1.82, 2.24) is 0 Å². The molecule has 0 aromatic rings. The van der Waals surface area contributed by atoms with E-state index in [0.717, 1.165) is 25.7 Å². The van der Waals surface area contributed by atoms with Gasteiger partial charge in [-0.05, 0) is 37.5 Å². The third kappa shape index (κ3) is 4.23. The highest BCUT2D eigenvalue weighted by Gasteiger charge is 2.38. The van der Waals surface area contributed by atoms with Gasteiger partial charge in [0.25, 0.3) is 0 Å². The second-order valence-corrected chi connectivity index (χ2v) is 6.33. The molecule has 0 aliphatic heterocycles. The second kappa shape index (κ2) is 6.29. The molecular weight excluding hydrogens is 250 g/mol. The predicted octanol–water partition coefficient (Wildman–Crippen LogP) is 3.71. The number of hydrogen-bond acceptors (Lipinski definition) is 2. The molecule has 19 heavy (non-hydrogen) atoms. The van der Waals surface area contributed by atoms with E-state index in [0.29, 0.717) is 12.8 Å². The number of aliphatic hydroxyl groups excluding tert-OH is 1. The molecule has 0 heterocycles. The summed E-state index contributed by atoms with van der Waals surface area (Å²) in [5.74, 6) is -3.01. The summed E-state index contributed by atoms with van der Waals surface area (Å²) >= 11 is 0. The molecule has 2 saturated carbocycles. The summed E-state index contributed by atoms with van der Waals surface area (Å²) in [6.45, 7) is 0. The lowest BCUT2D eigenvalue weighted by Crippen LogP contribution is -2.34. The molecule has 0 radical (unpaired) electrons. The van der Waals surface area contributed by atoms with Crippen LogP contribution in [0.1, 0.15) is 64.2 Å². The standard InChI is InChI=1S/C15H24F2O2/c16-15(17)8-4-5-11(10-15)9-13(18)14(19)12-6-2-1-3-7-12/h11-12,14,19H,1-10H2. The molecule has 4 heteroatoms. The molecular formula is C15H24F2O2. The van der Waals surface area contributed by atoms with Crippen LogP contribution in [0.15, 0.2) is 0 Å². The van der Waals surface area contributed by atoms with Crippen molar-refractivity contribution < 1.29 is 18.7 Å². The van der Waals surface area contributed by atoms with E-state index < -0.39 is 12.0 Å². The first-order chi connectivity index (χ1) is 8.98. The average Bonchev–Trinajstić information content (AvgIpc) is 2.37. The Hall–Kier alpha value is -0.510. The average molecular weight is 274 g/mol. The smallest absolute Gasteiger partial charge is 0.248 e. The highest BCUT2D eigenvalue weighted by Crippen LogP contribution is 2.38. The first kappa shape index (κ1) is 14.9. The van der Waals surface area contributed by atoms with Crippen molar-refractivity contribution in [3.8, 4) is 0 Å².